The quantitative estimate of drug-likeness (QED) is 0.882. The predicted molar refractivity (Wildman–Crippen MR) is 88.9 cm³/mol. The second-order valence-electron chi connectivity index (χ2n) is 5.33. The van der Waals surface area contributed by atoms with Crippen LogP contribution in [0.3, 0.4) is 0 Å². The Morgan fingerprint density at radius 1 is 1.09 bits per heavy atom. The molecule has 0 saturated heterocycles. The molecular formula is C18H22N2O2. The van der Waals surface area contributed by atoms with E-state index >= 15 is 0 Å². The fourth-order valence-corrected chi connectivity index (χ4v) is 2.32. The van der Waals surface area contributed by atoms with Crippen LogP contribution < -0.4 is 10.6 Å². The molecule has 0 aliphatic rings. The van der Waals surface area contributed by atoms with Crippen LogP contribution in [-0.2, 0) is 17.9 Å². The number of benzene rings is 2. The summed E-state index contributed by atoms with van der Waals surface area (Å²) >= 11 is 0. The Morgan fingerprint density at radius 2 is 1.82 bits per heavy atom. The summed E-state index contributed by atoms with van der Waals surface area (Å²) in [5.74, 6) is 0. The number of ether oxygens (including phenoxy) is 1. The van der Waals surface area contributed by atoms with Crippen LogP contribution >= 0.6 is 0 Å². The summed E-state index contributed by atoms with van der Waals surface area (Å²) < 4.78 is 5.17. The molecule has 0 aliphatic carbocycles. The number of carbonyl (C=O) groups is 1. The molecule has 0 aromatic heterocycles. The number of rotatable bonds is 5. The van der Waals surface area contributed by atoms with Gasteiger partial charge in [0.1, 0.15) is 0 Å². The lowest BCUT2D eigenvalue weighted by molar-refractivity contribution is 0.184. The van der Waals surface area contributed by atoms with Gasteiger partial charge >= 0.3 is 6.03 Å². The van der Waals surface area contributed by atoms with Crippen LogP contribution in [0.4, 0.5) is 10.5 Å². The normalized spacial score (nSPS) is 10.3. The van der Waals surface area contributed by atoms with Crippen molar-refractivity contribution in [3.05, 3.63) is 64.7 Å². The van der Waals surface area contributed by atoms with Crippen LogP contribution in [0.15, 0.2) is 42.5 Å². The monoisotopic (exact) mass is 298 g/mol. The van der Waals surface area contributed by atoms with Gasteiger partial charge in [0.25, 0.3) is 0 Å². The van der Waals surface area contributed by atoms with E-state index < -0.39 is 0 Å². The first-order valence-electron chi connectivity index (χ1n) is 7.28. The molecule has 2 amide bonds. The lowest BCUT2D eigenvalue weighted by Gasteiger charge is -2.12. The highest BCUT2D eigenvalue weighted by molar-refractivity contribution is 5.90. The Bertz CT molecular complexity index is 653. The van der Waals surface area contributed by atoms with Crippen LogP contribution in [0.2, 0.25) is 0 Å². The first kappa shape index (κ1) is 16.0. The zero-order chi connectivity index (χ0) is 15.9. The van der Waals surface area contributed by atoms with Crippen molar-refractivity contribution in [2.75, 3.05) is 12.4 Å². The topological polar surface area (TPSA) is 50.4 Å². The molecular weight excluding hydrogens is 276 g/mol. The van der Waals surface area contributed by atoms with E-state index in [4.69, 9.17) is 4.74 Å². The lowest BCUT2D eigenvalue weighted by atomic mass is 10.1. The van der Waals surface area contributed by atoms with Gasteiger partial charge in [-0.15, -0.1) is 0 Å². The van der Waals surface area contributed by atoms with Crippen LogP contribution in [-0.4, -0.2) is 13.1 Å². The van der Waals surface area contributed by atoms with Gasteiger partial charge in [0, 0.05) is 19.3 Å². The molecule has 0 aliphatic heterocycles. The predicted octanol–water partition coefficient (Wildman–Crippen LogP) is 3.77. The second kappa shape index (κ2) is 7.61. The lowest BCUT2D eigenvalue weighted by Crippen LogP contribution is -2.28. The molecule has 0 radical (unpaired) electrons. The average molecular weight is 298 g/mol. The highest BCUT2D eigenvalue weighted by Crippen LogP contribution is 2.16. The molecule has 22 heavy (non-hydrogen) atoms. The van der Waals surface area contributed by atoms with Gasteiger partial charge < -0.3 is 15.4 Å². The van der Waals surface area contributed by atoms with Crippen molar-refractivity contribution >= 4 is 11.7 Å². The van der Waals surface area contributed by atoms with Crippen LogP contribution in [0, 0.1) is 13.8 Å². The third-order valence-corrected chi connectivity index (χ3v) is 3.49. The van der Waals surface area contributed by atoms with E-state index in [1.54, 1.807) is 7.11 Å². The molecule has 2 aromatic carbocycles. The molecule has 0 spiro atoms. The fraction of sp³-hybridized carbons (Fsp3) is 0.278. The summed E-state index contributed by atoms with van der Waals surface area (Å²) in [5, 5.41) is 5.76. The minimum Gasteiger partial charge on any atom is -0.380 e. The van der Waals surface area contributed by atoms with Gasteiger partial charge in [0.2, 0.25) is 0 Å². The molecule has 4 nitrogen and oxygen atoms in total. The number of hydrogen-bond donors (Lipinski definition) is 2. The summed E-state index contributed by atoms with van der Waals surface area (Å²) in [6.07, 6.45) is 0. The fourth-order valence-electron chi connectivity index (χ4n) is 2.32. The van der Waals surface area contributed by atoms with Crippen molar-refractivity contribution < 1.29 is 9.53 Å². The molecule has 0 saturated carbocycles. The molecule has 0 unspecified atom stereocenters. The molecule has 0 heterocycles. The SMILES string of the molecule is COCc1ccccc1CNC(=O)Nc1ccc(C)cc1C. The molecule has 4 heteroatoms. The molecule has 116 valence electrons. The maximum atomic E-state index is 12.0. The van der Waals surface area contributed by atoms with E-state index in [0.717, 1.165) is 22.4 Å². The van der Waals surface area contributed by atoms with Crippen LogP contribution in [0.25, 0.3) is 0 Å². The van der Waals surface area contributed by atoms with Crippen molar-refractivity contribution in [1.29, 1.82) is 0 Å². The standard InChI is InChI=1S/C18H22N2O2/c1-13-8-9-17(14(2)10-13)20-18(21)19-11-15-6-4-5-7-16(15)12-22-3/h4-10H,11-12H2,1-3H3,(H2,19,20,21). The van der Waals surface area contributed by atoms with Crippen LogP contribution in [0.5, 0.6) is 0 Å². The van der Waals surface area contributed by atoms with Crippen molar-refractivity contribution in [3.63, 3.8) is 0 Å². The third-order valence-electron chi connectivity index (χ3n) is 3.49. The zero-order valence-electron chi connectivity index (χ0n) is 13.3. The maximum Gasteiger partial charge on any atom is 0.319 e. The number of nitrogens with one attached hydrogen (secondary N) is 2. The van der Waals surface area contributed by atoms with E-state index in [1.807, 2.05) is 56.3 Å². The minimum absolute atomic E-state index is 0.209. The molecule has 2 aromatic rings. The molecule has 0 atom stereocenters. The number of hydrogen-bond acceptors (Lipinski definition) is 2. The summed E-state index contributed by atoms with van der Waals surface area (Å²) in [4.78, 5) is 12.0. The Labute approximate surface area is 131 Å². The largest absolute Gasteiger partial charge is 0.380 e. The van der Waals surface area contributed by atoms with Gasteiger partial charge in [0.15, 0.2) is 0 Å². The molecule has 0 fully saturated rings. The summed E-state index contributed by atoms with van der Waals surface area (Å²) in [6, 6.07) is 13.7. The second-order valence-corrected chi connectivity index (χ2v) is 5.33. The van der Waals surface area contributed by atoms with Gasteiger partial charge in [-0.3, -0.25) is 0 Å². The first-order valence-corrected chi connectivity index (χ1v) is 7.28. The van der Waals surface area contributed by atoms with E-state index in [-0.39, 0.29) is 6.03 Å². The van der Waals surface area contributed by atoms with Gasteiger partial charge in [-0.1, -0.05) is 42.0 Å². The number of aryl methyl sites for hydroxylation is 2. The van der Waals surface area contributed by atoms with Crippen molar-refractivity contribution in [2.24, 2.45) is 0 Å². The van der Waals surface area contributed by atoms with E-state index in [2.05, 4.69) is 10.6 Å². The van der Waals surface area contributed by atoms with E-state index in [0.29, 0.717) is 13.2 Å². The number of carbonyl (C=O) groups excluding carboxylic acids is 1. The number of urea groups is 1. The van der Waals surface area contributed by atoms with Gasteiger partial charge in [-0.2, -0.15) is 0 Å². The number of anilines is 1. The van der Waals surface area contributed by atoms with Gasteiger partial charge in [-0.25, -0.2) is 4.79 Å². The summed E-state index contributed by atoms with van der Waals surface area (Å²) in [6.45, 7) is 5.02. The highest BCUT2D eigenvalue weighted by atomic mass is 16.5. The Balaban J connectivity index is 1.95. The summed E-state index contributed by atoms with van der Waals surface area (Å²) in [7, 11) is 1.66. The van der Waals surface area contributed by atoms with Crippen molar-refractivity contribution in [2.45, 2.75) is 27.0 Å². The Kier molecular flexibility index (Phi) is 5.55. The minimum atomic E-state index is -0.209. The van der Waals surface area contributed by atoms with Crippen molar-refractivity contribution in [3.8, 4) is 0 Å². The van der Waals surface area contributed by atoms with Crippen molar-refractivity contribution in [1.82, 2.24) is 5.32 Å². The first-order chi connectivity index (χ1) is 10.6. The Morgan fingerprint density at radius 3 is 2.50 bits per heavy atom. The Hall–Kier alpha value is -2.33. The van der Waals surface area contributed by atoms with Gasteiger partial charge in [0.05, 0.1) is 6.61 Å². The molecule has 0 bridgehead atoms. The average Bonchev–Trinajstić information content (AvgIpc) is 2.49. The van der Waals surface area contributed by atoms with E-state index in [1.165, 1.54) is 5.56 Å². The van der Waals surface area contributed by atoms with Gasteiger partial charge in [-0.05, 0) is 36.6 Å². The third kappa shape index (κ3) is 4.33. The van der Waals surface area contributed by atoms with Crippen LogP contribution in [0.1, 0.15) is 22.3 Å². The number of methoxy groups -OCH3 is 1. The highest BCUT2D eigenvalue weighted by Gasteiger charge is 2.06. The van der Waals surface area contributed by atoms with E-state index in [9.17, 15) is 4.79 Å². The maximum absolute atomic E-state index is 12.0. The molecule has 2 rings (SSSR count). The number of amides is 2. The summed E-state index contributed by atoms with van der Waals surface area (Å²) in [5.41, 5.74) is 5.19. The smallest absolute Gasteiger partial charge is 0.319 e. The molecule has 2 N–H and O–H groups in total. The zero-order valence-corrected chi connectivity index (χ0v) is 13.3.